The van der Waals surface area contributed by atoms with Crippen LogP contribution in [-0.2, 0) is 11.2 Å². The molecular weight excluding hydrogens is 350 g/mol. The van der Waals surface area contributed by atoms with Crippen LogP contribution in [0.3, 0.4) is 0 Å². The van der Waals surface area contributed by atoms with Gasteiger partial charge in [-0.3, -0.25) is 9.59 Å². The summed E-state index contributed by atoms with van der Waals surface area (Å²) in [5.74, 6) is 1.61. The Kier molecular flexibility index (Phi) is 4.72. The number of rotatable bonds is 6. The predicted molar refractivity (Wildman–Crippen MR) is 100 cm³/mol. The summed E-state index contributed by atoms with van der Waals surface area (Å²) in [5.41, 5.74) is 1.58. The molecule has 26 heavy (non-hydrogen) atoms. The summed E-state index contributed by atoms with van der Waals surface area (Å²) in [6, 6.07) is 5.22. The van der Waals surface area contributed by atoms with E-state index in [1.165, 1.54) is 38.5 Å². The average Bonchev–Trinajstić information content (AvgIpc) is 2.58. The van der Waals surface area contributed by atoms with Crippen molar-refractivity contribution >= 4 is 23.5 Å². The minimum atomic E-state index is -0.840. The van der Waals surface area contributed by atoms with Gasteiger partial charge in [-0.05, 0) is 85.8 Å². The molecule has 5 heteroatoms. The number of carboxylic acid groups (broad SMARTS) is 1. The van der Waals surface area contributed by atoms with Crippen LogP contribution in [0.15, 0.2) is 18.2 Å². The summed E-state index contributed by atoms with van der Waals surface area (Å²) in [7, 11) is 0. The molecule has 1 amide bonds. The van der Waals surface area contributed by atoms with Crippen LogP contribution in [0, 0.1) is 23.2 Å². The van der Waals surface area contributed by atoms with Crippen LogP contribution in [0.25, 0.3) is 0 Å². The highest BCUT2D eigenvalue weighted by Gasteiger charge is 2.50. The van der Waals surface area contributed by atoms with Crippen LogP contribution in [0.2, 0.25) is 5.02 Å². The predicted octanol–water partition coefficient (Wildman–Crippen LogP) is 4.30. The van der Waals surface area contributed by atoms with Crippen molar-refractivity contribution in [2.45, 2.75) is 51.4 Å². The summed E-state index contributed by atoms with van der Waals surface area (Å²) in [6.07, 6.45) is 8.40. The zero-order chi connectivity index (χ0) is 18.3. The third-order valence-corrected chi connectivity index (χ3v) is 7.02. The first-order chi connectivity index (χ1) is 12.4. The Balaban J connectivity index is 1.42. The molecule has 0 spiro atoms. The van der Waals surface area contributed by atoms with E-state index in [2.05, 4.69) is 5.32 Å². The number of benzene rings is 1. The molecule has 5 rings (SSSR count). The summed E-state index contributed by atoms with van der Waals surface area (Å²) in [6.45, 7) is 0.741. The summed E-state index contributed by atoms with van der Waals surface area (Å²) in [4.78, 5) is 23.5. The first-order valence-electron chi connectivity index (χ1n) is 9.71. The van der Waals surface area contributed by atoms with E-state index in [9.17, 15) is 9.59 Å². The summed E-state index contributed by atoms with van der Waals surface area (Å²) < 4.78 is 0. The molecule has 0 radical (unpaired) electrons. The number of carbonyl (C=O) groups is 2. The standard InChI is InChI=1S/C21H26ClNO3/c22-18-3-1-13(2-4-19(24)25)8-17(18)20(26)23-12-21-9-14-5-15(10-21)7-16(6-14)11-21/h1,3,8,14-16H,2,4-7,9-12H2,(H,23,26)(H,24,25). The first-order valence-corrected chi connectivity index (χ1v) is 10.1. The van der Waals surface area contributed by atoms with E-state index in [1.54, 1.807) is 18.2 Å². The molecule has 1 aromatic carbocycles. The van der Waals surface area contributed by atoms with E-state index in [0.717, 1.165) is 29.9 Å². The van der Waals surface area contributed by atoms with Crippen LogP contribution in [0.4, 0.5) is 0 Å². The van der Waals surface area contributed by atoms with Crippen LogP contribution in [0.1, 0.15) is 60.9 Å². The van der Waals surface area contributed by atoms with Crippen molar-refractivity contribution in [1.29, 1.82) is 0 Å². The van der Waals surface area contributed by atoms with Crippen molar-refractivity contribution in [2.75, 3.05) is 6.54 Å². The SMILES string of the molecule is O=C(O)CCc1ccc(Cl)c(C(=O)NCC23CC4CC(CC(C4)C2)C3)c1. The largest absolute Gasteiger partial charge is 0.481 e. The Morgan fingerprint density at radius 1 is 1.12 bits per heavy atom. The Labute approximate surface area is 159 Å². The molecule has 4 bridgehead atoms. The number of carbonyl (C=O) groups excluding carboxylic acids is 1. The van der Waals surface area contributed by atoms with Gasteiger partial charge in [-0.15, -0.1) is 0 Å². The van der Waals surface area contributed by atoms with Crippen LogP contribution in [0.5, 0.6) is 0 Å². The summed E-state index contributed by atoms with van der Waals surface area (Å²) >= 11 is 6.23. The lowest BCUT2D eigenvalue weighted by atomic mass is 9.49. The van der Waals surface area contributed by atoms with Gasteiger partial charge in [0.1, 0.15) is 0 Å². The Hall–Kier alpha value is -1.55. The van der Waals surface area contributed by atoms with Gasteiger partial charge in [-0.2, -0.15) is 0 Å². The van der Waals surface area contributed by atoms with Crippen LogP contribution < -0.4 is 5.32 Å². The first kappa shape index (κ1) is 17.8. The van der Waals surface area contributed by atoms with Gasteiger partial charge < -0.3 is 10.4 Å². The Morgan fingerprint density at radius 3 is 2.31 bits per heavy atom. The molecule has 0 unspecified atom stereocenters. The van der Waals surface area contributed by atoms with Crippen molar-refractivity contribution in [3.8, 4) is 0 Å². The molecule has 0 heterocycles. The molecule has 0 saturated heterocycles. The molecule has 4 aliphatic carbocycles. The zero-order valence-corrected chi connectivity index (χ0v) is 15.7. The number of aryl methyl sites for hydroxylation is 1. The number of nitrogens with one attached hydrogen (secondary N) is 1. The lowest BCUT2D eigenvalue weighted by molar-refractivity contribution is -0.136. The zero-order valence-electron chi connectivity index (χ0n) is 15.0. The third kappa shape index (κ3) is 3.62. The number of hydrogen-bond donors (Lipinski definition) is 2. The Morgan fingerprint density at radius 2 is 1.73 bits per heavy atom. The monoisotopic (exact) mass is 375 g/mol. The maximum absolute atomic E-state index is 12.7. The number of halogens is 1. The van der Waals surface area contributed by atoms with Crippen molar-refractivity contribution in [1.82, 2.24) is 5.32 Å². The molecule has 4 saturated carbocycles. The van der Waals surface area contributed by atoms with Gasteiger partial charge in [0.15, 0.2) is 0 Å². The topological polar surface area (TPSA) is 66.4 Å². The maximum atomic E-state index is 12.7. The van der Waals surface area contributed by atoms with Crippen LogP contribution in [-0.4, -0.2) is 23.5 Å². The van der Waals surface area contributed by atoms with Gasteiger partial charge in [0, 0.05) is 13.0 Å². The average molecular weight is 376 g/mol. The molecule has 2 N–H and O–H groups in total. The summed E-state index contributed by atoms with van der Waals surface area (Å²) in [5, 5.41) is 12.4. The molecule has 140 valence electrons. The number of carboxylic acids is 1. The Bertz CT molecular complexity index is 695. The maximum Gasteiger partial charge on any atom is 0.303 e. The van der Waals surface area contributed by atoms with E-state index < -0.39 is 5.97 Å². The minimum Gasteiger partial charge on any atom is -0.481 e. The fourth-order valence-electron chi connectivity index (χ4n) is 6.02. The van der Waals surface area contributed by atoms with Crippen molar-refractivity contribution in [3.05, 3.63) is 34.3 Å². The highest BCUT2D eigenvalue weighted by Crippen LogP contribution is 2.59. The van der Waals surface area contributed by atoms with E-state index in [0.29, 0.717) is 17.0 Å². The van der Waals surface area contributed by atoms with Gasteiger partial charge >= 0.3 is 5.97 Å². The highest BCUT2D eigenvalue weighted by atomic mass is 35.5. The van der Waals surface area contributed by atoms with Gasteiger partial charge in [0.25, 0.3) is 5.91 Å². The fourth-order valence-corrected chi connectivity index (χ4v) is 6.23. The molecule has 0 aliphatic heterocycles. The van der Waals surface area contributed by atoms with Crippen LogP contribution >= 0.6 is 11.6 Å². The van der Waals surface area contributed by atoms with Gasteiger partial charge in [-0.25, -0.2) is 0 Å². The number of amides is 1. The normalized spacial score (nSPS) is 31.8. The number of hydrogen-bond acceptors (Lipinski definition) is 2. The molecule has 4 fully saturated rings. The van der Waals surface area contributed by atoms with E-state index in [-0.39, 0.29) is 17.7 Å². The molecule has 4 nitrogen and oxygen atoms in total. The van der Waals surface area contributed by atoms with E-state index >= 15 is 0 Å². The molecule has 0 aromatic heterocycles. The number of aliphatic carboxylic acids is 1. The third-order valence-electron chi connectivity index (χ3n) is 6.69. The second-order valence-electron chi connectivity index (χ2n) is 8.81. The van der Waals surface area contributed by atoms with Crippen molar-refractivity contribution < 1.29 is 14.7 Å². The van der Waals surface area contributed by atoms with E-state index in [1.807, 2.05) is 0 Å². The molecule has 1 aromatic rings. The second-order valence-corrected chi connectivity index (χ2v) is 9.22. The molecular formula is C21H26ClNO3. The fraction of sp³-hybridized carbons (Fsp3) is 0.619. The van der Waals surface area contributed by atoms with Crippen molar-refractivity contribution in [2.24, 2.45) is 23.2 Å². The van der Waals surface area contributed by atoms with Crippen molar-refractivity contribution in [3.63, 3.8) is 0 Å². The molecule has 4 aliphatic rings. The lowest BCUT2D eigenvalue weighted by Crippen LogP contribution is -2.51. The van der Waals surface area contributed by atoms with Gasteiger partial charge in [0.05, 0.1) is 10.6 Å². The van der Waals surface area contributed by atoms with E-state index in [4.69, 9.17) is 16.7 Å². The second kappa shape index (κ2) is 6.88. The van der Waals surface area contributed by atoms with Gasteiger partial charge in [-0.1, -0.05) is 17.7 Å². The highest BCUT2D eigenvalue weighted by molar-refractivity contribution is 6.33. The smallest absolute Gasteiger partial charge is 0.303 e. The quantitative estimate of drug-likeness (QED) is 0.778. The minimum absolute atomic E-state index is 0.0516. The van der Waals surface area contributed by atoms with Gasteiger partial charge in [0.2, 0.25) is 0 Å². The lowest BCUT2D eigenvalue weighted by Gasteiger charge is -2.56. The molecule has 0 atom stereocenters.